The molecule has 1 saturated heterocycles. The lowest BCUT2D eigenvalue weighted by molar-refractivity contribution is 0.0926. The van der Waals surface area contributed by atoms with Crippen molar-refractivity contribution in [3.8, 4) is 0 Å². The summed E-state index contributed by atoms with van der Waals surface area (Å²) in [7, 11) is 0. The van der Waals surface area contributed by atoms with Crippen LogP contribution in [-0.2, 0) is 6.42 Å². The number of nitrogens with one attached hydrogen (secondary N) is 1. The molecule has 0 aromatic heterocycles. The van der Waals surface area contributed by atoms with Crippen LogP contribution in [-0.4, -0.2) is 23.8 Å². The number of aryl methyl sites for hydroxylation is 1. The molecule has 82 valence electrons. The minimum absolute atomic E-state index is 0.150. The van der Waals surface area contributed by atoms with Crippen LogP contribution in [0.15, 0.2) is 30.3 Å². The van der Waals surface area contributed by atoms with Crippen molar-refractivity contribution in [1.29, 1.82) is 0 Å². The van der Waals surface area contributed by atoms with Crippen molar-refractivity contribution in [1.82, 2.24) is 5.32 Å². The van der Waals surface area contributed by atoms with Gasteiger partial charge in [-0.3, -0.25) is 0 Å². The zero-order chi connectivity index (χ0) is 10.5. The summed E-state index contributed by atoms with van der Waals surface area (Å²) >= 11 is 0. The maximum absolute atomic E-state index is 9.78. The zero-order valence-electron chi connectivity index (χ0n) is 9.02. The first kappa shape index (κ1) is 10.7. The average molecular weight is 205 g/mol. The highest BCUT2D eigenvalue weighted by Gasteiger charge is 2.21. The Labute approximate surface area is 91.3 Å². The first-order valence-electron chi connectivity index (χ1n) is 5.81. The molecular formula is C13H19NO. The van der Waals surface area contributed by atoms with Crippen LogP contribution in [0.25, 0.3) is 0 Å². The van der Waals surface area contributed by atoms with Gasteiger partial charge in [0.2, 0.25) is 0 Å². The van der Waals surface area contributed by atoms with Gasteiger partial charge in [-0.15, -0.1) is 0 Å². The van der Waals surface area contributed by atoms with Gasteiger partial charge in [-0.05, 0) is 37.8 Å². The summed E-state index contributed by atoms with van der Waals surface area (Å²) in [6.45, 7) is 1.05. The molecule has 1 fully saturated rings. The first-order chi connectivity index (χ1) is 7.36. The van der Waals surface area contributed by atoms with Gasteiger partial charge in [-0.1, -0.05) is 30.3 Å². The third-order valence-electron chi connectivity index (χ3n) is 3.13. The lowest BCUT2D eigenvalue weighted by atomic mass is 9.95. The van der Waals surface area contributed by atoms with E-state index in [0.717, 1.165) is 32.2 Å². The normalized spacial score (nSPS) is 26.5. The van der Waals surface area contributed by atoms with E-state index in [0.29, 0.717) is 6.04 Å². The van der Waals surface area contributed by atoms with Gasteiger partial charge in [-0.25, -0.2) is 0 Å². The lowest BCUT2D eigenvalue weighted by Gasteiger charge is -2.28. The van der Waals surface area contributed by atoms with Gasteiger partial charge in [0.05, 0.1) is 6.10 Å². The first-order valence-corrected chi connectivity index (χ1v) is 5.81. The maximum Gasteiger partial charge on any atom is 0.0693 e. The highest BCUT2D eigenvalue weighted by molar-refractivity contribution is 5.14. The van der Waals surface area contributed by atoms with Crippen molar-refractivity contribution >= 4 is 0 Å². The Morgan fingerprint density at radius 3 is 2.80 bits per heavy atom. The molecule has 0 bridgehead atoms. The SMILES string of the molecule is O[C@H]1CCCN[C@H]1CCc1ccccc1. The second-order valence-corrected chi connectivity index (χ2v) is 4.29. The molecule has 0 saturated carbocycles. The van der Waals surface area contributed by atoms with E-state index in [1.807, 2.05) is 6.07 Å². The van der Waals surface area contributed by atoms with Gasteiger partial charge >= 0.3 is 0 Å². The van der Waals surface area contributed by atoms with Crippen molar-refractivity contribution in [2.24, 2.45) is 0 Å². The fourth-order valence-corrected chi connectivity index (χ4v) is 2.20. The molecule has 1 aromatic rings. The van der Waals surface area contributed by atoms with Crippen molar-refractivity contribution in [3.63, 3.8) is 0 Å². The highest BCUT2D eigenvalue weighted by atomic mass is 16.3. The summed E-state index contributed by atoms with van der Waals surface area (Å²) < 4.78 is 0. The lowest BCUT2D eigenvalue weighted by Crippen LogP contribution is -2.44. The van der Waals surface area contributed by atoms with Crippen LogP contribution in [0, 0.1) is 0 Å². The molecule has 0 spiro atoms. The molecule has 0 unspecified atom stereocenters. The molecular weight excluding hydrogens is 186 g/mol. The summed E-state index contributed by atoms with van der Waals surface area (Å²) in [5.41, 5.74) is 1.36. The predicted molar refractivity (Wildman–Crippen MR) is 61.8 cm³/mol. The van der Waals surface area contributed by atoms with Crippen LogP contribution in [0.1, 0.15) is 24.8 Å². The molecule has 2 rings (SSSR count). The molecule has 2 atom stereocenters. The van der Waals surface area contributed by atoms with Gasteiger partial charge in [-0.2, -0.15) is 0 Å². The Balaban J connectivity index is 1.82. The van der Waals surface area contributed by atoms with Gasteiger partial charge in [0, 0.05) is 6.04 Å². The fourth-order valence-electron chi connectivity index (χ4n) is 2.20. The summed E-state index contributed by atoms with van der Waals surface area (Å²) in [5.74, 6) is 0. The minimum atomic E-state index is -0.150. The maximum atomic E-state index is 9.78. The Morgan fingerprint density at radius 2 is 2.07 bits per heavy atom. The third-order valence-corrected chi connectivity index (χ3v) is 3.13. The molecule has 0 aliphatic carbocycles. The van der Waals surface area contributed by atoms with Gasteiger partial charge < -0.3 is 10.4 Å². The smallest absolute Gasteiger partial charge is 0.0693 e. The fraction of sp³-hybridized carbons (Fsp3) is 0.538. The number of rotatable bonds is 3. The third kappa shape index (κ3) is 3.05. The van der Waals surface area contributed by atoms with E-state index in [-0.39, 0.29) is 6.10 Å². The summed E-state index contributed by atoms with van der Waals surface area (Å²) in [6, 6.07) is 10.8. The van der Waals surface area contributed by atoms with E-state index < -0.39 is 0 Å². The predicted octanol–water partition coefficient (Wildman–Crippen LogP) is 1.73. The van der Waals surface area contributed by atoms with Gasteiger partial charge in [0.15, 0.2) is 0 Å². The van der Waals surface area contributed by atoms with Crippen LogP contribution < -0.4 is 5.32 Å². The molecule has 1 aliphatic rings. The average Bonchev–Trinajstić information content (AvgIpc) is 2.29. The number of piperidine rings is 1. The molecule has 0 radical (unpaired) electrons. The quantitative estimate of drug-likeness (QED) is 0.787. The number of aliphatic hydroxyl groups is 1. The van der Waals surface area contributed by atoms with Crippen LogP contribution in [0.5, 0.6) is 0 Å². The minimum Gasteiger partial charge on any atom is -0.392 e. The van der Waals surface area contributed by atoms with E-state index in [1.54, 1.807) is 0 Å². The summed E-state index contributed by atoms with van der Waals surface area (Å²) in [4.78, 5) is 0. The Kier molecular flexibility index (Phi) is 3.75. The largest absolute Gasteiger partial charge is 0.392 e. The zero-order valence-corrected chi connectivity index (χ0v) is 9.02. The summed E-state index contributed by atoms with van der Waals surface area (Å²) in [5, 5.41) is 13.2. The van der Waals surface area contributed by atoms with Crippen LogP contribution in [0.3, 0.4) is 0 Å². The molecule has 15 heavy (non-hydrogen) atoms. The van der Waals surface area contributed by atoms with E-state index in [9.17, 15) is 5.11 Å². The van der Waals surface area contributed by atoms with Crippen LogP contribution in [0.2, 0.25) is 0 Å². The van der Waals surface area contributed by atoms with E-state index in [2.05, 4.69) is 29.6 Å². The van der Waals surface area contributed by atoms with Crippen molar-refractivity contribution in [2.75, 3.05) is 6.54 Å². The van der Waals surface area contributed by atoms with E-state index >= 15 is 0 Å². The Morgan fingerprint density at radius 1 is 1.27 bits per heavy atom. The molecule has 2 nitrogen and oxygen atoms in total. The second kappa shape index (κ2) is 5.29. The number of aliphatic hydroxyl groups excluding tert-OH is 1. The number of hydrogen-bond donors (Lipinski definition) is 2. The van der Waals surface area contributed by atoms with E-state index in [4.69, 9.17) is 0 Å². The van der Waals surface area contributed by atoms with Crippen LogP contribution in [0.4, 0.5) is 0 Å². The number of hydrogen-bond acceptors (Lipinski definition) is 2. The number of benzene rings is 1. The summed E-state index contributed by atoms with van der Waals surface area (Å²) in [6.07, 6.45) is 3.98. The molecule has 1 aromatic carbocycles. The van der Waals surface area contributed by atoms with Crippen LogP contribution >= 0.6 is 0 Å². The van der Waals surface area contributed by atoms with E-state index in [1.165, 1.54) is 5.56 Å². The Bertz CT molecular complexity index is 286. The Hall–Kier alpha value is -0.860. The monoisotopic (exact) mass is 205 g/mol. The second-order valence-electron chi connectivity index (χ2n) is 4.29. The van der Waals surface area contributed by atoms with Crippen molar-refractivity contribution < 1.29 is 5.11 Å². The topological polar surface area (TPSA) is 32.3 Å². The molecule has 1 heterocycles. The molecule has 2 N–H and O–H groups in total. The molecule has 2 heteroatoms. The molecule has 0 amide bonds. The van der Waals surface area contributed by atoms with Gasteiger partial charge in [0.1, 0.15) is 0 Å². The standard InChI is InChI=1S/C13H19NO/c15-13-7-4-10-14-12(13)9-8-11-5-2-1-3-6-11/h1-3,5-6,12-15H,4,7-10H2/t12-,13-/m0/s1. The highest BCUT2D eigenvalue weighted by Crippen LogP contribution is 2.14. The van der Waals surface area contributed by atoms with Gasteiger partial charge in [0.25, 0.3) is 0 Å². The van der Waals surface area contributed by atoms with Crippen molar-refractivity contribution in [2.45, 2.75) is 37.8 Å². The van der Waals surface area contributed by atoms with Crippen molar-refractivity contribution in [3.05, 3.63) is 35.9 Å². The molecule has 1 aliphatic heterocycles.